The molecule has 1 aromatic heterocycles. The minimum atomic E-state index is 0.600. The number of ether oxygens (including phenoxy) is 1. The summed E-state index contributed by atoms with van der Waals surface area (Å²) < 4.78 is 11.9. The Balaban J connectivity index is 1.54. The molecule has 0 atom stereocenters. The van der Waals surface area contributed by atoms with Gasteiger partial charge in [-0.15, -0.1) is 0 Å². The fourth-order valence-corrected chi connectivity index (χ4v) is 3.03. The van der Waals surface area contributed by atoms with Crippen LogP contribution in [0.5, 0.6) is 5.75 Å². The highest BCUT2D eigenvalue weighted by molar-refractivity contribution is 5.79. The van der Waals surface area contributed by atoms with Crippen LogP contribution < -0.4 is 4.74 Å². The number of hydrogen-bond acceptors (Lipinski definition) is 2. The SMILES string of the molecule is [CH]1CCC(c2cc3ccc(OCC4CC4)cc3o2)CC1. The van der Waals surface area contributed by atoms with Gasteiger partial charge in [-0.25, -0.2) is 0 Å². The van der Waals surface area contributed by atoms with E-state index in [4.69, 9.17) is 9.15 Å². The molecule has 2 aromatic rings. The van der Waals surface area contributed by atoms with Crippen molar-refractivity contribution < 1.29 is 9.15 Å². The van der Waals surface area contributed by atoms with Gasteiger partial charge < -0.3 is 9.15 Å². The van der Waals surface area contributed by atoms with Crippen molar-refractivity contribution in [3.05, 3.63) is 36.4 Å². The molecule has 2 aliphatic carbocycles. The van der Waals surface area contributed by atoms with Gasteiger partial charge >= 0.3 is 0 Å². The van der Waals surface area contributed by atoms with E-state index < -0.39 is 0 Å². The predicted molar refractivity (Wildman–Crippen MR) is 79.9 cm³/mol. The highest BCUT2D eigenvalue weighted by Gasteiger charge is 2.22. The Morgan fingerprint density at radius 3 is 2.70 bits per heavy atom. The topological polar surface area (TPSA) is 22.4 Å². The quantitative estimate of drug-likeness (QED) is 0.772. The van der Waals surface area contributed by atoms with Crippen LogP contribution in [0.25, 0.3) is 11.0 Å². The molecule has 4 rings (SSSR count). The molecule has 2 fully saturated rings. The van der Waals surface area contributed by atoms with Crippen LogP contribution >= 0.6 is 0 Å². The molecule has 1 radical (unpaired) electrons. The van der Waals surface area contributed by atoms with Crippen molar-refractivity contribution in [1.29, 1.82) is 0 Å². The molecule has 20 heavy (non-hydrogen) atoms. The van der Waals surface area contributed by atoms with Crippen LogP contribution in [0.2, 0.25) is 0 Å². The lowest BCUT2D eigenvalue weighted by Gasteiger charge is -2.18. The summed E-state index contributed by atoms with van der Waals surface area (Å²) in [4.78, 5) is 0. The molecular weight excluding hydrogens is 248 g/mol. The number of hydrogen-bond donors (Lipinski definition) is 0. The maximum absolute atomic E-state index is 6.08. The maximum Gasteiger partial charge on any atom is 0.137 e. The molecule has 2 aliphatic rings. The highest BCUT2D eigenvalue weighted by atomic mass is 16.5. The van der Waals surface area contributed by atoms with Gasteiger partial charge in [0.15, 0.2) is 0 Å². The largest absolute Gasteiger partial charge is 0.493 e. The molecule has 105 valence electrons. The van der Waals surface area contributed by atoms with Crippen LogP contribution in [0.3, 0.4) is 0 Å². The van der Waals surface area contributed by atoms with Crippen LogP contribution in [0.1, 0.15) is 50.2 Å². The second kappa shape index (κ2) is 5.16. The maximum atomic E-state index is 6.08. The van der Waals surface area contributed by atoms with Crippen molar-refractivity contribution in [2.24, 2.45) is 5.92 Å². The van der Waals surface area contributed by atoms with Gasteiger partial charge in [0.05, 0.1) is 6.61 Å². The smallest absolute Gasteiger partial charge is 0.137 e. The second-order valence-corrected chi connectivity index (χ2v) is 6.24. The third-order valence-corrected chi connectivity index (χ3v) is 4.53. The normalized spacial score (nSPS) is 20.4. The number of fused-ring (bicyclic) bond motifs is 1. The third-order valence-electron chi connectivity index (χ3n) is 4.53. The van der Waals surface area contributed by atoms with Crippen LogP contribution in [0.4, 0.5) is 0 Å². The number of benzene rings is 1. The standard InChI is InChI=1S/C18H21O2/c1-2-4-14(5-3-1)17-10-15-8-9-16(11-18(15)20-17)19-12-13-6-7-13/h1,8-11,13-14H,2-7,12H2. The minimum absolute atomic E-state index is 0.600. The Labute approximate surface area is 120 Å². The van der Waals surface area contributed by atoms with Crippen LogP contribution in [-0.2, 0) is 0 Å². The summed E-state index contributed by atoms with van der Waals surface area (Å²) in [5.41, 5.74) is 0.975. The van der Waals surface area contributed by atoms with Gasteiger partial charge in [-0.3, -0.25) is 0 Å². The Morgan fingerprint density at radius 2 is 1.90 bits per heavy atom. The van der Waals surface area contributed by atoms with Crippen molar-refractivity contribution in [3.63, 3.8) is 0 Å². The van der Waals surface area contributed by atoms with Crippen molar-refractivity contribution in [3.8, 4) is 5.75 Å². The number of rotatable bonds is 4. The van der Waals surface area contributed by atoms with Crippen molar-refractivity contribution in [2.75, 3.05) is 6.61 Å². The fraction of sp³-hybridized carbons (Fsp3) is 0.500. The first kappa shape index (κ1) is 12.3. The molecule has 1 heterocycles. The molecule has 2 heteroatoms. The lowest BCUT2D eigenvalue weighted by molar-refractivity contribution is 0.299. The summed E-state index contributed by atoms with van der Waals surface area (Å²) in [6, 6.07) is 8.46. The van der Waals surface area contributed by atoms with Crippen molar-refractivity contribution in [2.45, 2.75) is 44.4 Å². The molecule has 0 aliphatic heterocycles. The zero-order valence-corrected chi connectivity index (χ0v) is 11.8. The van der Waals surface area contributed by atoms with Crippen LogP contribution in [0.15, 0.2) is 28.7 Å². The summed E-state index contributed by atoms with van der Waals surface area (Å²) in [5.74, 6) is 3.49. The molecule has 0 unspecified atom stereocenters. The van der Waals surface area contributed by atoms with E-state index in [1.807, 2.05) is 0 Å². The van der Waals surface area contributed by atoms with E-state index in [1.165, 1.54) is 43.9 Å². The van der Waals surface area contributed by atoms with E-state index >= 15 is 0 Å². The van der Waals surface area contributed by atoms with Gasteiger partial charge in [0.2, 0.25) is 0 Å². The monoisotopic (exact) mass is 269 g/mol. The first-order valence-electron chi connectivity index (χ1n) is 7.86. The highest BCUT2D eigenvalue weighted by Crippen LogP contribution is 2.36. The van der Waals surface area contributed by atoms with E-state index in [0.717, 1.165) is 29.6 Å². The summed E-state index contributed by atoms with van der Waals surface area (Å²) in [6.07, 6.45) is 9.94. The third kappa shape index (κ3) is 2.56. The van der Waals surface area contributed by atoms with Crippen molar-refractivity contribution in [1.82, 2.24) is 0 Å². The van der Waals surface area contributed by atoms with Gasteiger partial charge in [-0.05, 0) is 69.1 Å². The van der Waals surface area contributed by atoms with Gasteiger partial charge in [0, 0.05) is 17.4 Å². The van der Waals surface area contributed by atoms with Crippen LogP contribution in [0, 0.1) is 12.3 Å². The first-order chi connectivity index (χ1) is 9.88. The Hall–Kier alpha value is -1.44. The van der Waals surface area contributed by atoms with E-state index in [2.05, 4.69) is 30.7 Å². The summed E-state index contributed by atoms with van der Waals surface area (Å²) in [7, 11) is 0. The van der Waals surface area contributed by atoms with E-state index in [1.54, 1.807) is 0 Å². The van der Waals surface area contributed by atoms with Gasteiger partial charge in [-0.1, -0.05) is 0 Å². The molecule has 2 saturated carbocycles. The average molecular weight is 269 g/mol. The average Bonchev–Trinajstić information content (AvgIpc) is 3.23. The predicted octanol–water partition coefficient (Wildman–Crippen LogP) is 5.08. The van der Waals surface area contributed by atoms with Gasteiger partial charge in [-0.2, -0.15) is 0 Å². The lowest BCUT2D eigenvalue weighted by Crippen LogP contribution is -2.03. The Kier molecular flexibility index (Phi) is 3.17. The second-order valence-electron chi connectivity index (χ2n) is 6.24. The first-order valence-corrected chi connectivity index (χ1v) is 7.86. The summed E-state index contributed by atoms with van der Waals surface area (Å²) in [6.45, 7) is 0.859. The minimum Gasteiger partial charge on any atom is -0.493 e. The Morgan fingerprint density at radius 1 is 1.05 bits per heavy atom. The molecule has 0 N–H and O–H groups in total. The summed E-state index contributed by atoms with van der Waals surface area (Å²) >= 11 is 0. The van der Waals surface area contributed by atoms with Crippen LogP contribution in [-0.4, -0.2) is 6.61 Å². The molecule has 1 aromatic carbocycles. The zero-order valence-electron chi connectivity index (χ0n) is 11.8. The van der Waals surface area contributed by atoms with E-state index in [0.29, 0.717) is 5.92 Å². The molecule has 0 amide bonds. The Bertz CT molecular complexity index is 588. The van der Waals surface area contributed by atoms with E-state index in [-0.39, 0.29) is 0 Å². The van der Waals surface area contributed by atoms with Gasteiger partial charge in [0.1, 0.15) is 17.1 Å². The molecule has 0 saturated heterocycles. The lowest BCUT2D eigenvalue weighted by atomic mass is 9.87. The summed E-state index contributed by atoms with van der Waals surface area (Å²) in [5, 5.41) is 1.20. The molecular formula is C18H21O2. The number of furan rings is 1. The fourth-order valence-electron chi connectivity index (χ4n) is 3.03. The molecule has 0 bridgehead atoms. The zero-order chi connectivity index (χ0) is 13.4. The van der Waals surface area contributed by atoms with Crippen molar-refractivity contribution >= 4 is 11.0 Å². The van der Waals surface area contributed by atoms with Gasteiger partial charge in [0.25, 0.3) is 0 Å². The molecule has 2 nitrogen and oxygen atoms in total. The molecule has 0 spiro atoms. The van der Waals surface area contributed by atoms with E-state index in [9.17, 15) is 0 Å².